The summed E-state index contributed by atoms with van der Waals surface area (Å²) in [6.07, 6.45) is 1.77. The predicted octanol–water partition coefficient (Wildman–Crippen LogP) is 4.94. The topological polar surface area (TPSA) is 42.0 Å². The fraction of sp³-hybridized carbons (Fsp3) is 0.0588. The molecule has 0 unspecified atom stereocenters. The Bertz CT molecular complexity index is 830. The van der Waals surface area contributed by atoms with E-state index in [4.69, 9.17) is 0 Å². The van der Waals surface area contributed by atoms with E-state index >= 15 is 0 Å². The number of anilines is 2. The fourth-order valence-electron chi connectivity index (χ4n) is 2.20. The Morgan fingerprint density at radius 2 is 2.00 bits per heavy atom. The number of nitrogens with zero attached hydrogens (tertiary/aromatic N) is 1. The zero-order valence-electron chi connectivity index (χ0n) is 11.4. The minimum atomic E-state index is 0.0565. The number of carbonyl (C=O) groups is 1. The first-order valence-electron chi connectivity index (χ1n) is 6.56. The lowest BCUT2D eigenvalue weighted by atomic mass is 10.1. The predicted molar refractivity (Wildman–Crippen MR) is 89.2 cm³/mol. The maximum absolute atomic E-state index is 11.5. The Labute approximate surface area is 131 Å². The van der Waals surface area contributed by atoms with Gasteiger partial charge in [0.15, 0.2) is 5.78 Å². The van der Waals surface area contributed by atoms with E-state index in [2.05, 4.69) is 26.2 Å². The average Bonchev–Trinajstić information content (AvgIpc) is 2.48. The monoisotopic (exact) mass is 340 g/mol. The van der Waals surface area contributed by atoms with Crippen LogP contribution in [0.15, 0.2) is 59.2 Å². The van der Waals surface area contributed by atoms with Crippen molar-refractivity contribution in [3.8, 4) is 0 Å². The number of Topliss-reactive ketones (excluding diaryl/α,β-unsaturated/α-hetero) is 1. The molecule has 0 saturated carbocycles. The molecule has 3 rings (SSSR count). The lowest BCUT2D eigenvalue weighted by Gasteiger charge is -2.10. The van der Waals surface area contributed by atoms with Gasteiger partial charge in [-0.3, -0.25) is 9.78 Å². The first kappa shape index (κ1) is 13.8. The summed E-state index contributed by atoms with van der Waals surface area (Å²) in [5, 5.41) is 4.38. The van der Waals surface area contributed by atoms with Gasteiger partial charge in [-0.2, -0.15) is 0 Å². The van der Waals surface area contributed by atoms with Crippen LogP contribution in [0.3, 0.4) is 0 Å². The fourth-order valence-corrected chi connectivity index (χ4v) is 2.56. The summed E-state index contributed by atoms with van der Waals surface area (Å²) in [5.41, 5.74) is 3.46. The highest BCUT2D eigenvalue weighted by molar-refractivity contribution is 9.10. The Hall–Kier alpha value is -2.20. The van der Waals surface area contributed by atoms with Crippen LogP contribution in [0, 0.1) is 0 Å². The second kappa shape index (κ2) is 5.66. The van der Waals surface area contributed by atoms with Crippen molar-refractivity contribution in [3.05, 3.63) is 64.8 Å². The summed E-state index contributed by atoms with van der Waals surface area (Å²) in [4.78, 5) is 15.8. The zero-order valence-corrected chi connectivity index (χ0v) is 13.0. The van der Waals surface area contributed by atoms with E-state index < -0.39 is 0 Å². The van der Waals surface area contributed by atoms with Gasteiger partial charge in [-0.25, -0.2) is 0 Å². The van der Waals surface area contributed by atoms with Gasteiger partial charge in [0.1, 0.15) is 0 Å². The van der Waals surface area contributed by atoms with Crippen LogP contribution >= 0.6 is 15.9 Å². The smallest absolute Gasteiger partial charge is 0.159 e. The van der Waals surface area contributed by atoms with E-state index in [9.17, 15) is 4.79 Å². The lowest BCUT2D eigenvalue weighted by molar-refractivity contribution is 0.101. The molecule has 0 bridgehead atoms. The van der Waals surface area contributed by atoms with Gasteiger partial charge in [0.25, 0.3) is 0 Å². The molecule has 1 heterocycles. The molecule has 104 valence electrons. The number of nitrogens with one attached hydrogen (secondary N) is 1. The number of fused-ring (bicyclic) bond motifs is 1. The van der Waals surface area contributed by atoms with Gasteiger partial charge in [0.2, 0.25) is 0 Å². The Morgan fingerprint density at radius 3 is 2.81 bits per heavy atom. The molecule has 3 nitrogen and oxygen atoms in total. The molecule has 0 atom stereocenters. The number of carbonyl (C=O) groups excluding carboxylic acids is 1. The van der Waals surface area contributed by atoms with Crippen LogP contribution in [-0.2, 0) is 0 Å². The summed E-state index contributed by atoms with van der Waals surface area (Å²) >= 11 is 3.48. The molecule has 0 spiro atoms. The molecule has 0 aliphatic carbocycles. The molecule has 2 aromatic carbocycles. The molecule has 0 amide bonds. The van der Waals surface area contributed by atoms with E-state index in [1.165, 1.54) is 0 Å². The number of ketones is 1. The van der Waals surface area contributed by atoms with Gasteiger partial charge < -0.3 is 5.32 Å². The Kier molecular flexibility index (Phi) is 3.71. The molecule has 1 N–H and O–H groups in total. The van der Waals surface area contributed by atoms with Crippen LogP contribution in [0.4, 0.5) is 11.4 Å². The molecule has 3 aromatic rings. The Morgan fingerprint density at radius 1 is 1.14 bits per heavy atom. The van der Waals surface area contributed by atoms with Gasteiger partial charge in [0, 0.05) is 33.0 Å². The van der Waals surface area contributed by atoms with Crippen molar-refractivity contribution < 1.29 is 4.79 Å². The normalized spacial score (nSPS) is 10.6. The first-order chi connectivity index (χ1) is 10.1. The molecular weight excluding hydrogens is 328 g/mol. The highest BCUT2D eigenvalue weighted by Gasteiger charge is 2.05. The summed E-state index contributed by atoms with van der Waals surface area (Å²) in [5.74, 6) is 0.0565. The first-order valence-corrected chi connectivity index (χ1v) is 7.35. The second-order valence-electron chi connectivity index (χ2n) is 4.78. The van der Waals surface area contributed by atoms with Crippen molar-refractivity contribution in [1.82, 2.24) is 4.98 Å². The minimum absolute atomic E-state index is 0.0565. The van der Waals surface area contributed by atoms with Crippen molar-refractivity contribution in [1.29, 1.82) is 0 Å². The molecular formula is C17H13BrN2O. The second-order valence-corrected chi connectivity index (χ2v) is 5.70. The molecule has 0 saturated heterocycles. The third kappa shape index (κ3) is 2.95. The van der Waals surface area contributed by atoms with E-state index in [0.717, 1.165) is 26.8 Å². The third-order valence-electron chi connectivity index (χ3n) is 3.25. The third-order valence-corrected chi connectivity index (χ3v) is 3.74. The molecule has 0 aliphatic rings. The SMILES string of the molecule is CC(=O)c1cccc(Nc2ccnc3ccc(Br)cc23)c1. The maximum atomic E-state index is 11.5. The van der Waals surface area contributed by atoms with E-state index in [0.29, 0.717) is 5.56 Å². The molecule has 1 aromatic heterocycles. The van der Waals surface area contributed by atoms with Crippen molar-refractivity contribution in [2.75, 3.05) is 5.32 Å². The number of hydrogen-bond acceptors (Lipinski definition) is 3. The largest absolute Gasteiger partial charge is 0.355 e. The summed E-state index contributed by atoms with van der Waals surface area (Å²) in [6, 6.07) is 15.4. The highest BCUT2D eigenvalue weighted by atomic mass is 79.9. The van der Waals surface area contributed by atoms with Crippen molar-refractivity contribution in [2.24, 2.45) is 0 Å². The van der Waals surface area contributed by atoms with Crippen LogP contribution in [0.1, 0.15) is 17.3 Å². The van der Waals surface area contributed by atoms with Crippen molar-refractivity contribution in [3.63, 3.8) is 0 Å². The summed E-state index contributed by atoms with van der Waals surface area (Å²) < 4.78 is 1.00. The molecule has 4 heteroatoms. The minimum Gasteiger partial charge on any atom is -0.355 e. The maximum Gasteiger partial charge on any atom is 0.159 e. The molecule has 0 aliphatic heterocycles. The molecule has 21 heavy (non-hydrogen) atoms. The van der Waals surface area contributed by atoms with Crippen molar-refractivity contribution >= 4 is 44.0 Å². The van der Waals surface area contributed by atoms with Gasteiger partial charge >= 0.3 is 0 Å². The number of hydrogen-bond donors (Lipinski definition) is 1. The van der Waals surface area contributed by atoms with Gasteiger partial charge in [-0.15, -0.1) is 0 Å². The highest BCUT2D eigenvalue weighted by Crippen LogP contribution is 2.27. The number of benzene rings is 2. The van der Waals surface area contributed by atoms with Gasteiger partial charge in [0.05, 0.1) is 5.52 Å². The zero-order chi connectivity index (χ0) is 14.8. The van der Waals surface area contributed by atoms with E-state index in [1.54, 1.807) is 13.1 Å². The van der Waals surface area contributed by atoms with Crippen molar-refractivity contribution in [2.45, 2.75) is 6.92 Å². The quantitative estimate of drug-likeness (QED) is 0.686. The van der Waals surface area contributed by atoms with Gasteiger partial charge in [-0.1, -0.05) is 28.1 Å². The van der Waals surface area contributed by atoms with E-state index in [1.807, 2.05) is 48.5 Å². The number of halogens is 1. The molecule has 0 radical (unpaired) electrons. The van der Waals surface area contributed by atoms with Crippen LogP contribution in [0.2, 0.25) is 0 Å². The van der Waals surface area contributed by atoms with Crippen LogP contribution < -0.4 is 5.32 Å². The average molecular weight is 341 g/mol. The summed E-state index contributed by atoms with van der Waals surface area (Å²) in [6.45, 7) is 1.57. The van der Waals surface area contributed by atoms with E-state index in [-0.39, 0.29) is 5.78 Å². The van der Waals surface area contributed by atoms with Crippen LogP contribution in [0.5, 0.6) is 0 Å². The van der Waals surface area contributed by atoms with Crippen LogP contribution in [-0.4, -0.2) is 10.8 Å². The van der Waals surface area contributed by atoms with Gasteiger partial charge in [-0.05, 0) is 43.3 Å². The standard InChI is InChI=1S/C17H13BrN2O/c1-11(21)12-3-2-4-14(9-12)20-17-7-8-19-16-6-5-13(18)10-15(16)17/h2-10H,1H3,(H,19,20). The van der Waals surface area contributed by atoms with Crippen LogP contribution in [0.25, 0.3) is 10.9 Å². The molecule has 0 fully saturated rings. The number of aromatic nitrogens is 1. The number of pyridine rings is 1. The summed E-state index contributed by atoms with van der Waals surface area (Å²) in [7, 11) is 0. The lowest BCUT2D eigenvalue weighted by Crippen LogP contribution is -1.96. The Balaban J connectivity index is 2.04. The number of rotatable bonds is 3.